The van der Waals surface area contributed by atoms with Crippen molar-refractivity contribution in [1.29, 1.82) is 0 Å². The zero-order valence-corrected chi connectivity index (χ0v) is 19.0. The molecule has 1 N–H and O–H groups in total. The molecule has 0 radical (unpaired) electrons. The smallest absolute Gasteiger partial charge is 0.337 e. The maximum Gasteiger partial charge on any atom is 0.337 e. The Kier molecular flexibility index (Phi) is 6.55. The van der Waals surface area contributed by atoms with Gasteiger partial charge in [-0.15, -0.1) is 16.0 Å². The summed E-state index contributed by atoms with van der Waals surface area (Å²) in [5.74, 6) is 3.72. The van der Waals surface area contributed by atoms with Gasteiger partial charge >= 0.3 is 5.97 Å². The number of nitrogens with one attached hydrogen (secondary N) is 1. The van der Waals surface area contributed by atoms with Gasteiger partial charge in [-0.1, -0.05) is 30.3 Å². The third-order valence-corrected chi connectivity index (χ3v) is 6.01. The molecule has 0 spiro atoms. The monoisotopic (exact) mass is 465 g/mol. The van der Waals surface area contributed by atoms with Crippen LogP contribution >= 0.6 is 10.9 Å². The Morgan fingerprint density at radius 3 is 2.79 bits per heavy atom. The number of aromatic nitrogens is 3. The van der Waals surface area contributed by atoms with Gasteiger partial charge in [-0.3, -0.25) is 4.79 Å². The molecule has 0 saturated heterocycles. The number of hydrogen-bond donors (Lipinski definition) is 1. The fourth-order valence-electron chi connectivity index (χ4n) is 3.51. The lowest BCUT2D eigenvalue weighted by Gasteiger charge is -2.24. The summed E-state index contributed by atoms with van der Waals surface area (Å²) < 4.78 is 12.4. The molecule has 4 rings (SSSR count). The number of esters is 1. The summed E-state index contributed by atoms with van der Waals surface area (Å²) in [6.45, 7) is 0.698. The summed E-state index contributed by atoms with van der Waals surface area (Å²) in [4.78, 5) is 31.6. The summed E-state index contributed by atoms with van der Waals surface area (Å²) >= 11 is 0. The van der Waals surface area contributed by atoms with Gasteiger partial charge in [-0.25, -0.2) is 14.5 Å². The van der Waals surface area contributed by atoms with E-state index in [0.717, 1.165) is 10.6 Å². The molecule has 1 aliphatic heterocycles. The van der Waals surface area contributed by atoms with Gasteiger partial charge < -0.3 is 19.7 Å². The van der Waals surface area contributed by atoms with Crippen molar-refractivity contribution >= 4 is 39.4 Å². The van der Waals surface area contributed by atoms with Crippen molar-refractivity contribution in [2.75, 3.05) is 25.7 Å². The molecule has 9 nitrogen and oxygen atoms in total. The van der Waals surface area contributed by atoms with Crippen LogP contribution in [0, 0.1) is 0 Å². The Morgan fingerprint density at radius 1 is 1.27 bits per heavy atom. The second-order valence-corrected chi connectivity index (χ2v) is 8.01. The maximum absolute atomic E-state index is 12.9. The van der Waals surface area contributed by atoms with Crippen molar-refractivity contribution in [1.82, 2.24) is 20.1 Å². The number of ether oxygens (including phenoxy) is 2. The van der Waals surface area contributed by atoms with Crippen LogP contribution in [0.4, 0.5) is 5.69 Å². The van der Waals surface area contributed by atoms with Crippen molar-refractivity contribution < 1.29 is 19.1 Å². The van der Waals surface area contributed by atoms with Gasteiger partial charge in [0.05, 0.1) is 29.9 Å². The Labute approximate surface area is 194 Å². The molecule has 2 aromatic carbocycles. The Hall–Kier alpha value is -3.92. The zero-order chi connectivity index (χ0) is 23.4. The molecule has 0 bridgehead atoms. The molecule has 170 valence electrons. The van der Waals surface area contributed by atoms with Crippen LogP contribution in [0.15, 0.2) is 54.9 Å². The Balaban J connectivity index is 1.51. The van der Waals surface area contributed by atoms with Crippen LogP contribution in [0.3, 0.4) is 0 Å². The average Bonchev–Trinajstić information content (AvgIpc) is 3.26. The lowest BCUT2D eigenvalue weighted by atomic mass is 10.1. The summed E-state index contributed by atoms with van der Waals surface area (Å²) in [5, 5.41) is 7.23. The minimum Gasteiger partial charge on any atom is -0.489 e. The lowest BCUT2D eigenvalue weighted by Crippen LogP contribution is -2.48. The van der Waals surface area contributed by atoms with Crippen LogP contribution in [0.25, 0.3) is 0 Å². The van der Waals surface area contributed by atoms with Crippen LogP contribution in [0.1, 0.15) is 26.5 Å². The second kappa shape index (κ2) is 9.70. The molecule has 10 heteroatoms. The number of carbonyl (C=O) groups is 2. The molecule has 0 unspecified atom stereocenters. The summed E-state index contributed by atoms with van der Waals surface area (Å²) in [6.07, 6.45) is 1.53. The summed E-state index contributed by atoms with van der Waals surface area (Å²) in [7, 11) is 4.40. The van der Waals surface area contributed by atoms with Crippen molar-refractivity contribution in [2.24, 2.45) is 0 Å². The molecule has 33 heavy (non-hydrogen) atoms. The fourth-order valence-corrected chi connectivity index (χ4v) is 4.13. The van der Waals surface area contributed by atoms with E-state index in [9.17, 15) is 9.59 Å². The number of hydrogen-bond acceptors (Lipinski definition) is 6. The highest BCUT2D eigenvalue weighted by Gasteiger charge is 2.29. The van der Waals surface area contributed by atoms with E-state index in [1.54, 1.807) is 22.9 Å². The number of likely N-dealkylation sites (N-methyl/N-ethyl adjacent to an activating group) is 1. The number of amides is 1. The number of benzene rings is 2. The quantitative estimate of drug-likeness (QED) is 0.455. The van der Waals surface area contributed by atoms with Crippen LogP contribution in [0.2, 0.25) is 0 Å². The predicted octanol–water partition coefficient (Wildman–Crippen LogP) is 2.04. The minimum absolute atomic E-state index is 0.0664. The molecule has 1 atom stereocenters. The second-order valence-electron chi connectivity index (χ2n) is 7.30. The Morgan fingerprint density at radius 2 is 2.06 bits per heavy atom. The summed E-state index contributed by atoms with van der Waals surface area (Å²) in [5.41, 5.74) is 2.13. The van der Waals surface area contributed by atoms with Crippen molar-refractivity contribution in [3.05, 3.63) is 71.8 Å². The number of anilines is 1. The van der Waals surface area contributed by atoms with Gasteiger partial charge in [0.25, 0.3) is 5.91 Å². The van der Waals surface area contributed by atoms with Crippen LogP contribution in [-0.4, -0.2) is 64.3 Å². The van der Waals surface area contributed by atoms with E-state index in [1.807, 2.05) is 42.3 Å². The predicted molar refractivity (Wildman–Crippen MR) is 128 cm³/mol. The largest absolute Gasteiger partial charge is 0.489 e. The van der Waals surface area contributed by atoms with E-state index in [2.05, 4.69) is 21.3 Å². The molecule has 0 aliphatic carbocycles. The van der Waals surface area contributed by atoms with Gasteiger partial charge in [0.2, 0.25) is 5.82 Å². The number of nitrogens with zero attached hydrogens (tertiary/aromatic N) is 4. The summed E-state index contributed by atoms with van der Waals surface area (Å²) in [6, 6.07) is 14.3. The molecule has 0 saturated carbocycles. The topological polar surface area (TPSA) is 98.6 Å². The number of methoxy groups -OCH3 is 1. The van der Waals surface area contributed by atoms with Crippen molar-refractivity contribution in [3.63, 3.8) is 0 Å². The van der Waals surface area contributed by atoms with E-state index in [1.165, 1.54) is 24.4 Å². The van der Waals surface area contributed by atoms with E-state index in [4.69, 9.17) is 9.47 Å². The first-order chi connectivity index (χ1) is 16.0. The molecule has 1 aliphatic rings. The standard InChI is InChI=1S/C23H23N5O4S/c1-27-18-11-16(23(30)31-2)9-10-19(18)32-13-17(22(27)33-3)25-21(29)20-24-14-28(26-20)12-15-7-5-4-6-8-15/h4-11,14,17H,3,12-13H2,1-2H3,(H,25,29)/t17-/m0/s1. The maximum atomic E-state index is 12.9. The Bertz CT molecular complexity index is 1240. The first-order valence-corrected chi connectivity index (χ1v) is 11.1. The van der Waals surface area contributed by atoms with Crippen LogP contribution in [0.5, 0.6) is 5.75 Å². The number of carbonyl (C=O) groups excluding carboxylic acids is 2. The van der Waals surface area contributed by atoms with Crippen LogP contribution in [-0.2, 0) is 11.3 Å². The lowest BCUT2D eigenvalue weighted by molar-refractivity contribution is 0.0600. The van der Waals surface area contributed by atoms with Gasteiger partial charge in [0.1, 0.15) is 24.7 Å². The van der Waals surface area contributed by atoms with E-state index in [-0.39, 0.29) is 12.4 Å². The highest BCUT2D eigenvalue weighted by molar-refractivity contribution is 7.96. The third kappa shape index (κ3) is 4.80. The molecular weight excluding hydrogens is 442 g/mol. The molecule has 0 fully saturated rings. The first-order valence-electron chi connectivity index (χ1n) is 10.1. The SMILES string of the molecule is C=S=C1[C@@H](NC(=O)c2ncn(Cc3ccccc3)n2)COc2ccc(C(=O)OC)cc2N1C. The molecule has 1 amide bonds. The highest BCUT2D eigenvalue weighted by Crippen LogP contribution is 2.32. The molecule has 1 aromatic heterocycles. The zero-order valence-electron chi connectivity index (χ0n) is 18.2. The van der Waals surface area contributed by atoms with E-state index >= 15 is 0 Å². The molecular formula is C23H23N5O4S. The van der Waals surface area contributed by atoms with Crippen LogP contribution < -0.4 is 15.0 Å². The van der Waals surface area contributed by atoms with Gasteiger partial charge in [-0.2, -0.15) is 0 Å². The van der Waals surface area contributed by atoms with Gasteiger partial charge in [0, 0.05) is 7.05 Å². The van der Waals surface area contributed by atoms with E-state index in [0.29, 0.717) is 23.5 Å². The fraction of sp³-hybridized carbons (Fsp3) is 0.217. The average molecular weight is 466 g/mol. The van der Waals surface area contributed by atoms with Gasteiger partial charge in [0.15, 0.2) is 0 Å². The van der Waals surface area contributed by atoms with Crippen molar-refractivity contribution in [2.45, 2.75) is 12.6 Å². The van der Waals surface area contributed by atoms with Crippen molar-refractivity contribution in [3.8, 4) is 5.75 Å². The molecule has 2 heterocycles. The number of fused-ring (bicyclic) bond motifs is 1. The number of rotatable bonds is 5. The molecule has 3 aromatic rings. The van der Waals surface area contributed by atoms with E-state index < -0.39 is 17.9 Å². The van der Waals surface area contributed by atoms with Gasteiger partial charge in [-0.05, 0) is 29.6 Å². The third-order valence-electron chi connectivity index (χ3n) is 5.16. The minimum atomic E-state index is -0.486. The first kappa shape index (κ1) is 22.3. The highest BCUT2D eigenvalue weighted by atomic mass is 32.1. The normalized spacial score (nSPS) is 15.2.